The lowest BCUT2D eigenvalue weighted by molar-refractivity contribution is -0.386. The molecule has 2 N–H and O–H groups in total. The molecule has 2 rings (SSSR count). The first kappa shape index (κ1) is 11.6. The third-order valence-electron chi connectivity index (χ3n) is 2.98. The summed E-state index contributed by atoms with van der Waals surface area (Å²) in [7, 11) is 0. The van der Waals surface area contributed by atoms with Crippen LogP contribution in [0, 0.1) is 10.1 Å². The van der Waals surface area contributed by atoms with E-state index in [2.05, 4.69) is 11.9 Å². The Morgan fingerprint density at radius 3 is 2.94 bits per heavy atom. The molecule has 0 aliphatic carbocycles. The molecule has 5 heteroatoms. The van der Waals surface area contributed by atoms with Gasteiger partial charge in [0.15, 0.2) is 5.75 Å². The van der Waals surface area contributed by atoms with Gasteiger partial charge in [-0.3, -0.25) is 10.1 Å². The second-order valence-electron chi connectivity index (χ2n) is 4.28. The van der Waals surface area contributed by atoms with E-state index in [4.69, 9.17) is 0 Å². The normalized spacial score (nSPS) is 18.5. The van der Waals surface area contributed by atoms with Crippen molar-refractivity contribution in [2.45, 2.75) is 19.4 Å². The fourth-order valence-electron chi connectivity index (χ4n) is 2.17. The number of hydrogen-bond acceptors (Lipinski definition) is 4. The molecule has 1 aliphatic heterocycles. The molecule has 0 saturated heterocycles. The highest BCUT2D eigenvalue weighted by atomic mass is 16.6. The number of aromatic hydroxyl groups is 1. The summed E-state index contributed by atoms with van der Waals surface area (Å²) in [5.41, 5.74) is 2.44. The lowest BCUT2D eigenvalue weighted by Crippen LogP contribution is -2.30. The number of phenolic OH excluding ortho intramolecular Hbond substituents is 1. The first-order valence-electron chi connectivity index (χ1n) is 5.39. The molecule has 0 radical (unpaired) electrons. The SMILES string of the molecule is C=C(C)C1NCCc2cc(O)c([N+](=O)[O-])cc21. The van der Waals surface area contributed by atoms with E-state index >= 15 is 0 Å². The van der Waals surface area contributed by atoms with Gasteiger partial charge < -0.3 is 10.4 Å². The number of phenols is 1. The molecular weight excluding hydrogens is 220 g/mol. The van der Waals surface area contributed by atoms with E-state index in [1.54, 1.807) is 0 Å². The summed E-state index contributed by atoms with van der Waals surface area (Å²) in [6, 6.07) is 2.86. The van der Waals surface area contributed by atoms with Gasteiger partial charge in [-0.15, -0.1) is 0 Å². The summed E-state index contributed by atoms with van der Waals surface area (Å²) in [5.74, 6) is -0.267. The highest BCUT2D eigenvalue weighted by Crippen LogP contribution is 2.36. The average molecular weight is 234 g/mol. The smallest absolute Gasteiger partial charge is 0.311 e. The van der Waals surface area contributed by atoms with Crippen LogP contribution in [0.4, 0.5) is 5.69 Å². The molecule has 90 valence electrons. The molecule has 0 bridgehead atoms. The van der Waals surface area contributed by atoms with Crippen LogP contribution in [0.2, 0.25) is 0 Å². The van der Waals surface area contributed by atoms with Gasteiger partial charge in [-0.2, -0.15) is 0 Å². The van der Waals surface area contributed by atoms with Crippen molar-refractivity contribution >= 4 is 5.69 Å². The molecule has 1 aromatic carbocycles. The maximum absolute atomic E-state index is 10.8. The second-order valence-corrected chi connectivity index (χ2v) is 4.28. The van der Waals surface area contributed by atoms with Crippen LogP contribution in [0.1, 0.15) is 24.1 Å². The number of nitro groups is 1. The fraction of sp³-hybridized carbons (Fsp3) is 0.333. The van der Waals surface area contributed by atoms with Crippen molar-refractivity contribution in [2.75, 3.05) is 6.54 Å². The van der Waals surface area contributed by atoms with Gasteiger partial charge in [0.05, 0.1) is 11.0 Å². The fourth-order valence-corrected chi connectivity index (χ4v) is 2.17. The molecule has 5 nitrogen and oxygen atoms in total. The van der Waals surface area contributed by atoms with Gasteiger partial charge in [0.25, 0.3) is 0 Å². The number of nitro benzene ring substituents is 1. The highest BCUT2D eigenvalue weighted by Gasteiger charge is 2.25. The lowest BCUT2D eigenvalue weighted by Gasteiger charge is -2.27. The first-order valence-corrected chi connectivity index (χ1v) is 5.39. The summed E-state index contributed by atoms with van der Waals surface area (Å²) in [5, 5.41) is 23.6. The molecule has 1 atom stereocenters. The summed E-state index contributed by atoms with van der Waals surface area (Å²) < 4.78 is 0. The van der Waals surface area contributed by atoms with Gasteiger partial charge in [-0.05, 0) is 30.5 Å². The Morgan fingerprint density at radius 1 is 1.65 bits per heavy atom. The monoisotopic (exact) mass is 234 g/mol. The zero-order chi connectivity index (χ0) is 12.6. The van der Waals surface area contributed by atoms with Crippen LogP contribution in [0.25, 0.3) is 0 Å². The third-order valence-corrected chi connectivity index (χ3v) is 2.98. The lowest BCUT2D eigenvalue weighted by atomic mass is 9.90. The Kier molecular flexibility index (Phi) is 2.85. The molecule has 1 aromatic rings. The second kappa shape index (κ2) is 4.18. The Bertz CT molecular complexity index is 497. The van der Waals surface area contributed by atoms with Crippen LogP contribution >= 0.6 is 0 Å². The third kappa shape index (κ3) is 2.01. The van der Waals surface area contributed by atoms with E-state index in [0.29, 0.717) is 0 Å². The van der Waals surface area contributed by atoms with E-state index in [-0.39, 0.29) is 17.5 Å². The molecule has 17 heavy (non-hydrogen) atoms. The van der Waals surface area contributed by atoms with Gasteiger partial charge >= 0.3 is 5.69 Å². The summed E-state index contributed by atoms with van der Waals surface area (Å²) in [6.45, 7) is 6.54. The summed E-state index contributed by atoms with van der Waals surface area (Å²) in [6.07, 6.45) is 0.755. The van der Waals surface area contributed by atoms with Crippen LogP contribution in [0.5, 0.6) is 5.75 Å². The van der Waals surface area contributed by atoms with Crippen molar-refractivity contribution < 1.29 is 10.0 Å². The van der Waals surface area contributed by atoms with Gasteiger partial charge in [-0.1, -0.05) is 12.2 Å². The maximum Gasteiger partial charge on any atom is 0.311 e. The number of nitrogens with zero attached hydrogens (tertiary/aromatic N) is 1. The molecule has 1 aliphatic rings. The Morgan fingerprint density at radius 2 is 2.35 bits per heavy atom. The number of hydrogen-bond donors (Lipinski definition) is 2. The van der Waals surface area contributed by atoms with Crippen LogP contribution in [-0.2, 0) is 6.42 Å². The minimum atomic E-state index is -0.570. The minimum Gasteiger partial charge on any atom is -0.502 e. The molecule has 0 spiro atoms. The summed E-state index contributed by atoms with van der Waals surface area (Å²) in [4.78, 5) is 10.2. The number of rotatable bonds is 2. The van der Waals surface area contributed by atoms with Crippen molar-refractivity contribution in [1.29, 1.82) is 0 Å². The molecule has 1 heterocycles. The Balaban J connectivity index is 2.56. The van der Waals surface area contributed by atoms with Crippen LogP contribution in [0.15, 0.2) is 24.3 Å². The molecule has 0 saturated carbocycles. The maximum atomic E-state index is 10.8. The van der Waals surface area contributed by atoms with E-state index in [1.165, 1.54) is 12.1 Å². The zero-order valence-corrected chi connectivity index (χ0v) is 9.56. The van der Waals surface area contributed by atoms with E-state index in [9.17, 15) is 15.2 Å². The van der Waals surface area contributed by atoms with E-state index in [1.807, 2.05) is 6.92 Å². The summed E-state index contributed by atoms with van der Waals surface area (Å²) >= 11 is 0. The Hall–Kier alpha value is -1.88. The number of fused-ring (bicyclic) bond motifs is 1. The predicted octanol–water partition coefficient (Wildman–Crippen LogP) is 2.06. The van der Waals surface area contributed by atoms with Crippen molar-refractivity contribution in [3.8, 4) is 5.75 Å². The van der Waals surface area contributed by atoms with Gasteiger partial charge in [0.2, 0.25) is 0 Å². The molecule has 0 fully saturated rings. The molecular formula is C12H14N2O3. The van der Waals surface area contributed by atoms with Crippen LogP contribution in [-0.4, -0.2) is 16.6 Å². The van der Waals surface area contributed by atoms with Crippen molar-refractivity contribution in [1.82, 2.24) is 5.32 Å². The van der Waals surface area contributed by atoms with Crippen molar-refractivity contribution in [3.05, 3.63) is 45.5 Å². The zero-order valence-electron chi connectivity index (χ0n) is 9.56. The minimum absolute atomic E-state index is 0.0713. The predicted molar refractivity (Wildman–Crippen MR) is 64.0 cm³/mol. The molecule has 1 unspecified atom stereocenters. The first-order chi connectivity index (χ1) is 8.00. The van der Waals surface area contributed by atoms with E-state index in [0.717, 1.165) is 29.7 Å². The molecule has 0 amide bonds. The van der Waals surface area contributed by atoms with Gasteiger partial charge in [0, 0.05) is 12.6 Å². The molecule has 0 aromatic heterocycles. The largest absolute Gasteiger partial charge is 0.502 e. The quantitative estimate of drug-likeness (QED) is 0.466. The Labute approximate surface area is 98.9 Å². The van der Waals surface area contributed by atoms with Gasteiger partial charge in [0.1, 0.15) is 0 Å². The van der Waals surface area contributed by atoms with Gasteiger partial charge in [-0.25, -0.2) is 0 Å². The standard InChI is InChI=1S/C12H14N2O3/c1-7(2)12-9-6-10(14(16)17)11(15)5-8(9)3-4-13-12/h5-6,12-13,15H,1,3-4H2,2H3. The van der Waals surface area contributed by atoms with E-state index < -0.39 is 4.92 Å². The van der Waals surface area contributed by atoms with Crippen molar-refractivity contribution in [2.24, 2.45) is 0 Å². The highest BCUT2D eigenvalue weighted by molar-refractivity contribution is 5.54. The number of nitrogens with one attached hydrogen (secondary N) is 1. The average Bonchev–Trinajstić information content (AvgIpc) is 2.26. The topological polar surface area (TPSA) is 75.4 Å². The van der Waals surface area contributed by atoms with Crippen LogP contribution in [0.3, 0.4) is 0 Å². The number of benzene rings is 1. The van der Waals surface area contributed by atoms with Crippen LogP contribution < -0.4 is 5.32 Å². The van der Waals surface area contributed by atoms with Crippen molar-refractivity contribution in [3.63, 3.8) is 0 Å².